The van der Waals surface area contributed by atoms with Crippen molar-refractivity contribution in [3.05, 3.63) is 87.9 Å². The number of amides is 1. The summed E-state index contributed by atoms with van der Waals surface area (Å²) < 4.78 is 3.50. The van der Waals surface area contributed by atoms with Gasteiger partial charge in [0, 0.05) is 33.2 Å². The van der Waals surface area contributed by atoms with Crippen LogP contribution in [0.2, 0.25) is 10.0 Å². The van der Waals surface area contributed by atoms with Crippen molar-refractivity contribution < 1.29 is 4.79 Å². The molecule has 35 heavy (non-hydrogen) atoms. The summed E-state index contributed by atoms with van der Waals surface area (Å²) in [6.07, 6.45) is 3.32. The van der Waals surface area contributed by atoms with Gasteiger partial charge in [-0.15, -0.1) is 5.10 Å². The zero-order valence-corrected chi connectivity index (χ0v) is 20.5. The molecule has 10 heteroatoms. The number of aryl methyl sites for hydroxylation is 1. The van der Waals surface area contributed by atoms with Gasteiger partial charge in [-0.05, 0) is 43.7 Å². The van der Waals surface area contributed by atoms with Crippen LogP contribution in [0, 0.1) is 6.92 Å². The number of nitrogens with one attached hydrogen (secondary N) is 1. The van der Waals surface area contributed by atoms with E-state index in [1.54, 1.807) is 35.4 Å². The summed E-state index contributed by atoms with van der Waals surface area (Å²) >= 11 is 12.2. The summed E-state index contributed by atoms with van der Waals surface area (Å²) in [6.45, 7) is 5.17. The Balaban J connectivity index is 1.44. The lowest BCUT2D eigenvalue weighted by molar-refractivity contribution is 0.102. The highest BCUT2D eigenvalue weighted by Crippen LogP contribution is 2.27. The molecule has 3 aromatic heterocycles. The molecule has 1 N–H and O–H groups in total. The van der Waals surface area contributed by atoms with Crippen LogP contribution in [0.1, 0.15) is 28.5 Å². The number of hydrogen-bond donors (Lipinski definition) is 1. The lowest BCUT2D eigenvalue weighted by Crippen LogP contribution is -2.14. The van der Waals surface area contributed by atoms with Crippen LogP contribution in [-0.2, 0) is 13.1 Å². The molecule has 0 bridgehead atoms. The van der Waals surface area contributed by atoms with Crippen LogP contribution in [0.3, 0.4) is 0 Å². The minimum atomic E-state index is -0.326. The van der Waals surface area contributed by atoms with Gasteiger partial charge >= 0.3 is 0 Å². The van der Waals surface area contributed by atoms with E-state index in [4.69, 9.17) is 28.2 Å². The first-order chi connectivity index (χ1) is 16.9. The Morgan fingerprint density at radius 1 is 1.11 bits per heavy atom. The molecular weight excluding hydrogens is 485 g/mol. The molecule has 0 fully saturated rings. The molecule has 1 amide bonds. The first kappa shape index (κ1) is 23.0. The number of benzene rings is 2. The zero-order chi connectivity index (χ0) is 24.5. The largest absolute Gasteiger partial charge is 0.289 e. The Morgan fingerprint density at radius 2 is 1.94 bits per heavy atom. The highest BCUT2D eigenvalue weighted by atomic mass is 35.5. The molecule has 0 aliphatic rings. The minimum Gasteiger partial charge on any atom is -0.289 e. The first-order valence-corrected chi connectivity index (χ1v) is 11.8. The third kappa shape index (κ3) is 4.62. The molecule has 0 atom stereocenters. The second-order valence-corrected chi connectivity index (χ2v) is 8.83. The van der Waals surface area contributed by atoms with E-state index in [0.717, 1.165) is 34.3 Å². The van der Waals surface area contributed by atoms with E-state index in [9.17, 15) is 4.79 Å². The highest BCUT2D eigenvalue weighted by molar-refractivity contribution is 6.35. The molecule has 0 aliphatic carbocycles. The fourth-order valence-electron chi connectivity index (χ4n) is 3.94. The number of nitrogens with zero attached hydrogens (tertiary/aromatic N) is 6. The number of anilines is 1. The van der Waals surface area contributed by atoms with Crippen molar-refractivity contribution in [1.82, 2.24) is 29.5 Å². The summed E-state index contributed by atoms with van der Waals surface area (Å²) in [5.74, 6) is -0.134. The molecule has 0 unspecified atom stereocenters. The topological polar surface area (TPSA) is 90.5 Å². The monoisotopic (exact) mass is 505 g/mol. The van der Waals surface area contributed by atoms with Crippen molar-refractivity contribution in [2.75, 3.05) is 5.32 Å². The third-order valence-electron chi connectivity index (χ3n) is 5.75. The lowest BCUT2D eigenvalue weighted by atomic mass is 10.0. The number of hydrogen-bond acceptors (Lipinski definition) is 5. The van der Waals surface area contributed by atoms with Crippen molar-refractivity contribution >= 4 is 46.0 Å². The van der Waals surface area contributed by atoms with Crippen LogP contribution in [0.4, 0.5) is 5.95 Å². The fraction of sp³-hybridized carbons (Fsp3) is 0.160. The Labute approximate surface area is 211 Å². The summed E-state index contributed by atoms with van der Waals surface area (Å²) in [6, 6.07) is 14.6. The van der Waals surface area contributed by atoms with Crippen LogP contribution in [-0.4, -0.2) is 35.4 Å². The lowest BCUT2D eigenvalue weighted by Gasteiger charge is -2.09. The van der Waals surface area contributed by atoms with Gasteiger partial charge in [0.25, 0.3) is 5.91 Å². The molecular formula is C25H21Cl2N7O. The summed E-state index contributed by atoms with van der Waals surface area (Å²) in [5, 5.41) is 13.4. The predicted molar refractivity (Wildman–Crippen MR) is 137 cm³/mol. The average molecular weight is 506 g/mol. The number of rotatable bonds is 6. The van der Waals surface area contributed by atoms with E-state index in [1.807, 2.05) is 48.9 Å². The molecule has 5 rings (SSSR count). The Morgan fingerprint density at radius 3 is 2.71 bits per heavy atom. The molecule has 0 saturated carbocycles. The number of carbonyl (C=O) groups excluding carboxylic acids is 1. The molecule has 0 radical (unpaired) electrons. The molecule has 0 spiro atoms. The number of halogens is 2. The number of para-hydroxylation sites is 1. The van der Waals surface area contributed by atoms with E-state index in [-0.39, 0.29) is 11.9 Å². The summed E-state index contributed by atoms with van der Waals surface area (Å²) in [4.78, 5) is 22.3. The Hall–Kier alpha value is -3.75. The highest BCUT2D eigenvalue weighted by Gasteiger charge is 2.18. The van der Waals surface area contributed by atoms with Crippen molar-refractivity contribution in [3.63, 3.8) is 0 Å². The minimum absolute atomic E-state index is 0.192. The van der Waals surface area contributed by atoms with Crippen LogP contribution < -0.4 is 5.32 Å². The maximum absolute atomic E-state index is 13.3. The van der Waals surface area contributed by atoms with Gasteiger partial charge in [0.05, 0.1) is 29.5 Å². The summed E-state index contributed by atoms with van der Waals surface area (Å²) in [5.41, 5.74) is 4.59. The van der Waals surface area contributed by atoms with E-state index in [2.05, 4.69) is 20.5 Å². The average Bonchev–Trinajstić information content (AvgIpc) is 3.45. The standard InChI is InChI=1S/C25H21Cl2N7O/c1-3-34-15(2)20(12-29-34)23-11-19(18-6-4-5-7-22(18)30-23)24(35)31-25-28-14-33(32-25)13-16-8-9-17(26)10-21(16)27/h4-12,14H,3,13H2,1-2H3,(H,31,32,35). The molecule has 0 aliphatic heterocycles. The predicted octanol–water partition coefficient (Wildman–Crippen LogP) is 5.63. The Bertz CT molecular complexity index is 1560. The molecule has 5 aromatic rings. The van der Waals surface area contributed by atoms with Crippen LogP contribution in [0.15, 0.2) is 61.1 Å². The van der Waals surface area contributed by atoms with Crippen LogP contribution in [0.25, 0.3) is 22.2 Å². The van der Waals surface area contributed by atoms with Crippen LogP contribution >= 0.6 is 23.2 Å². The molecule has 3 heterocycles. The molecule has 2 aromatic carbocycles. The van der Waals surface area contributed by atoms with Crippen molar-refractivity contribution in [1.29, 1.82) is 0 Å². The van der Waals surface area contributed by atoms with Gasteiger partial charge in [-0.1, -0.05) is 47.5 Å². The van der Waals surface area contributed by atoms with Gasteiger partial charge in [-0.25, -0.2) is 14.6 Å². The van der Waals surface area contributed by atoms with Gasteiger partial charge in [-0.2, -0.15) is 5.10 Å². The van der Waals surface area contributed by atoms with Gasteiger partial charge in [0.1, 0.15) is 6.33 Å². The quantitative estimate of drug-likeness (QED) is 0.323. The molecule has 8 nitrogen and oxygen atoms in total. The smallest absolute Gasteiger partial charge is 0.258 e. The maximum Gasteiger partial charge on any atom is 0.258 e. The number of fused-ring (bicyclic) bond motifs is 1. The van der Waals surface area contributed by atoms with E-state index < -0.39 is 0 Å². The Kier molecular flexibility index (Phi) is 6.23. The van der Waals surface area contributed by atoms with Gasteiger partial charge in [0.2, 0.25) is 5.95 Å². The van der Waals surface area contributed by atoms with Gasteiger partial charge < -0.3 is 0 Å². The fourth-order valence-corrected chi connectivity index (χ4v) is 4.41. The van der Waals surface area contributed by atoms with Crippen LogP contribution in [0.5, 0.6) is 0 Å². The van der Waals surface area contributed by atoms with E-state index in [0.29, 0.717) is 27.8 Å². The second-order valence-electron chi connectivity index (χ2n) is 7.99. The third-order valence-corrected chi connectivity index (χ3v) is 6.34. The van der Waals surface area contributed by atoms with Gasteiger partial charge in [-0.3, -0.25) is 14.8 Å². The summed E-state index contributed by atoms with van der Waals surface area (Å²) in [7, 11) is 0. The van der Waals surface area contributed by atoms with Crippen molar-refractivity contribution in [3.8, 4) is 11.3 Å². The van der Waals surface area contributed by atoms with E-state index in [1.165, 1.54) is 0 Å². The number of carbonyl (C=O) groups is 1. The maximum atomic E-state index is 13.3. The van der Waals surface area contributed by atoms with E-state index >= 15 is 0 Å². The molecule has 176 valence electrons. The number of pyridine rings is 1. The second kappa shape index (κ2) is 9.48. The SMILES string of the molecule is CCn1ncc(-c2cc(C(=O)Nc3ncn(Cc4ccc(Cl)cc4Cl)n3)c3ccccc3n2)c1C. The molecule has 0 saturated heterocycles. The first-order valence-electron chi connectivity index (χ1n) is 11.0. The van der Waals surface area contributed by atoms with Crippen molar-refractivity contribution in [2.45, 2.75) is 26.9 Å². The van der Waals surface area contributed by atoms with Gasteiger partial charge in [0.15, 0.2) is 0 Å². The normalized spacial score (nSPS) is 11.2. The zero-order valence-electron chi connectivity index (χ0n) is 19.0. The van der Waals surface area contributed by atoms with Crippen molar-refractivity contribution in [2.24, 2.45) is 0 Å². The number of aromatic nitrogens is 6.